The molecule has 0 saturated heterocycles. The first-order valence-electron chi connectivity index (χ1n) is 6.35. The van der Waals surface area contributed by atoms with Crippen molar-refractivity contribution in [2.75, 3.05) is 5.32 Å². The number of hydrogen-bond acceptors (Lipinski definition) is 2. The predicted octanol–water partition coefficient (Wildman–Crippen LogP) is 4.27. The van der Waals surface area contributed by atoms with Crippen LogP contribution in [0.5, 0.6) is 5.75 Å². The third kappa shape index (κ3) is 2.83. The molecule has 1 unspecified atom stereocenters. The molecule has 18 heavy (non-hydrogen) atoms. The summed E-state index contributed by atoms with van der Waals surface area (Å²) in [7, 11) is 0. The van der Waals surface area contributed by atoms with Gasteiger partial charge in [0.15, 0.2) is 0 Å². The summed E-state index contributed by atoms with van der Waals surface area (Å²) < 4.78 is 0. The molecule has 0 heterocycles. The number of phenolic OH excluding ortho intramolecular Hbond substituents is 1. The second-order valence-electron chi connectivity index (χ2n) is 4.55. The highest BCUT2D eigenvalue weighted by molar-refractivity contribution is 5.74. The Bertz CT molecular complexity index is 508. The van der Waals surface area contributed by atoms with E-state index in [0.717, 1.165) is 23.2 Å². The van der Waals surface area contributed by atoms with E-state index in [2.05, 4.69) is 19.2 Å². The molecule has 0 bridgehead atoms. The Labute approximate surface area is 108 Å². The van der Waals surface area contributed by atoms with Crippen LogP contribution in [0.4, 0.5) is 5.69 Å². The molecule has 94 valence electrons. The minimum absolute atomic E-state index is 0.316. The Kier molecular flexibility index (Phi) is 3.88. The van der Waals surface area contributed by atoms with Gasteiger partial charge in [0.2, 0.25) is 0 Å². The van der Waals surface area contributed by atoms with Crippen molar-refractivity contribution in [3.05, 3.63) is 48.5 Å². The summed E-state index contributed by atoms with van der Waals surface area (Å²) in [5.41, 5.74) is 2.94. The molecular formula is C16H19NO. The topological polar surface area (TPSA) is 32.3 Å². The van der Waals surface area contributed by atoms with Crippen molar-refractivity contribution < 1.29 is 5.11 Å². The van der Waals surface area contributed by atoms with E-state index >= 15 is 0 Å². The Morgan fingerprint density at radius 3 is 2.50 bits per heavy atom. The van der Waals surface area contributed by atoms with E-state index in [4.69, 9.17) is 0 Å². The van der Waals surface area contributed by atoms with Crippen LogP contribution in [0.3, 0.4) is 0 Å². The highest BCUT2D eigenvalue weighted by atomic mass is 16.3. The zero-order valence-corrected chi connectivity index (χ0v) is 10.9. The van der Waals surface area contributed by atoms with Crippen molar-refractivity contribution in [1.82, 2.24) is 0 Å². The number of aromatic hydroxyl groups is 1. The van der Waals surface area contributed by atoms with Crippen molar-refractivity contribution >= 4 is 5.69 Å². The Hall–Kier alpha value is -1.96. The van der Waals surface area contributed by atoms with Crippen molar-refractivity contribution in [3.63, 3.8) is 0 Å². The van der Waals surface area contributed by atoms with Crippen LogP contribution in [0.2, 0.25) is 0 Å². The quantitative estimate of drug-likeness (QED) is 0.783. The fourth-order valence-electron chi connectivity index (χ4n) is 1.86. The largest absolute Gasteiger partial charge is 0.507 e. The first-order chi connectivity index (χ1) is 8.70. The summed E-state index contributed by atoms with van der Waals surface area (Å²) in [6, 6.07) is 16.0. The molecule has 0 spiro atoms. The standard InChI is InChI=1S/C16H19NO/c1-3-12(2)17-14-9-10-16(18)15(11-14)13-7-5-4-6-8-13/h4-12,17-18H,3H2,1-2H3. The summed E-state index contributed by atoms with van der Waals surface area (Å²) in [6.45, 7) is 4.30. The first kappa shape index (κ1) is 12.5. The molecule has 0 radical (unpaired) electrons. The smallest absolute Gasteiger partial charge is 0.123 e. The SMILES string of the molecule is CCC(C)Nc1ccc(O)c(-c2ccccc2)c1. The van der Waals surface area contributed by atoms with E-state index in [9.17, 15) is 5.11 Å². The van der Waals surface area contributed by atoms with Gasteiger partial charge < -0.3 is 10.4 Å². The Balaban J connectivity index is 2.33. The molecule has 0 saturated carbocycles. The lowest BCUT2D eigenvalue weighted by molar-refractivity contribution is 0.477. The third-order valence-corrected chi connectivity index (χ3v) is 3.11. The summed E-state index contributed by atoms with van der Waals surface area (Å²) in [5, 5.41) is 13.4. The van der Waals surface area contributed by atoms with E-state index in [-0.39, 0.29) is 0 Å². The number of rotatable bonds is 4. The van der Waals surface area contributed by atoms with Crippen LogP contribution in [0.25, 0.3) is 11.1 Å². The maximum absolute atomic E-state index is 9.95. The highest BCUT2D eigenvalue weighted by Gasteiger charge is 2.06. The number of benzene rings is 2. The average Bonchev–Trinajstić information content (AvgIpc) is 2.42. The van der Waals surface area contributed by atoms with E-state index in [0.29, 0.717) is 11.8 Å². The molecular weight excluding hydrogens is 222 g/mol. The average molecular weight is 241 g/mol. The molecule has 2 heteroatoms. The molecule has 2 aromatic carbocycles. The van der Waals surface area contributed by atoms with Crippen LogP contribution >= 0.6 is 0 Å². The van der Waals surface area contributed by atoms with Crippen LogP contribution < -0.4 is 5.32 Å². The monoisotopic (exact) mass is 241 g/mol. The van der Waals surface area contributed by atoms with Gasteiger partial charge in [-0.1, -0.05) is 37.3 Å². The number of phenols is 1. The lowest BCUT2D eigenvalue weighted by Crippen LogP contribution is -2.13. The summed E-state index contributed by atoms with van der Waals surface area (Å²) in [5.74, 6) is 0.316. The minimum atomic E-state index is 0.316. The van der Waals surface area contributed by atoms with Gasteiger partial charge in [0.05, 0.1) is 0 Å². The molecule has 0 aliphatic heterocycles. The van der Waals surface area contributed by atoms with E-state index in [1.807, 2.05) is 42.5 Å². The molecule has 0 aliphatic carbocycles. The molecule has 1 atom stereocenters. The fourth-order valence-corrected chi connectivity index (χ4v) is 1.86. The van der Waals surface area contributed by atoms with Crippen molar-refractivity contribution in [2.24, 2.45) is 0 Å². The zero-order chi connectivity index (χ0) is 13.0. The third-order valence-electron chi connectivity index (χ3n) is 3.11. The van der Waals surface area contributed by atoms with E-state index in [1.165, 1.54) is 0 Å². The number of hydrogen-bond donors (Lipinski definition) is 2. The number of anilines is 1. The van der Waals surface area contributed by atoms with Crippen LogP contribution in [0.1, 0.15) is 20.3 Å². The van der Waals surface area contributed by atoms with E-state index < -0.39 is 0 Å². The van der Waals surface area contributed by atoms with Crippen LogP contribution in [0, 0.1) is 0 Å². The van der Waals surface area contributed by atoms with Gasteiger partial charge in [-0.15, -0.1) is 0 Å². The van der Waals surface area contributed by atoms with Crippen molar-refractivity contribution in [3.8, 4) is 16.9 Å². The lowest BCUT2D eigenvalue weighted by atomic mass is 10.0. The molecule has 2 aromatic rings. The molecule has 0 amide bonds. The van der Waals surface area contributed by atoms with Gasteiger partial charge >= 0.3 is 0 Å². The Morgan fingerprint density at radius 2 is 1.83 bits per heavy atom. The van der Waals surface area contributed by atoms with Gasteiger partial charge in [0.25, 0.3) is 0 Å². The zero-order valence-electron chi connectivity index (χ0n) is 10.9. The fraction of sp³-hybridized carbons (Fsp3) is 0.250. The van der Waals surface area contributed by atoms with Crippen LogP contribution in [-0.4, -0.2) is 11.1 Å². The van der Waals surface area contributed by atoms with Crippen LogP contribution in [0.15, 0.2) is 48.5 Å². The van der Waals surface area contributed by atoms with E-state index in [1.54, 1.807) is 6.07 Å². The van der Waals surface area contributed by atoms with Gasteiger partial charge in [0.1, 0.15) is 5.75 Å². The van der Waals surface area contributed by atoms with Gasteiger partial charge in [-0.2, -0.15) is 0 Å². The molecule has 0 aliphatic rings. The lowest BCUT2D eigenvalue weighted by Gasteiger charge is -2.14. The predicted molar refractivity (Wildman–Crippen MR) is 76.9 cm³/mol. The molecule has 2 N–H and O–H groups in total. The van der Waals surface area contributed by atoms with Crippen molar-refractivity contribution in [2.45, 2.75) is 26.3 Å². The molecule has 0 fully saturated rings. The summed E-state index contributed by atoms with van der Waals surface area (Å²) >= 11 is 0. The van der Waals surface area contributed by atoms with Gasteiger partial charge in [0, 0.05) is 17.3 Å². The van der Waals surface area contributed by atoms with Crippen molar-refractivity contribution in [1.29, 1.82) is 0 Å². The van der Waals surface area contributed by atoms with Gasteiger partial charge in [-0.3, -0.25) is 0 Å². The Morgan fingerprint density at radius 1 is 1.11 bits per heavy atom. The maximum atomic E-state index is 9.95. The maximum Gasteiger partial charge on any atom is 0.123 e. The van der Waals surface area contributed by atoms with Gasteiger partial charge in [-0.05, 0) is 37.1 Å². The highest BCUT2D eigenvalue weighted by Crippen LogP contribution is 2.31. The molecule has 2 nitrogen and oxygen atoms in total. The second-order valence-corrected chi connectivity index (χ2v) is 4.55. The minimum Gasteiger partial charge on any atom is -0.507 e. The van der Waals surface area contributed by atoms with Crippen LogP contribution in [-0.2, 0) is 0 Å². The molecule has 2 rings (SSSR count). The number of nitrogens with one attached hydrogen (secondary N) is 1. The summed E-state index contributed by atoms with van der Waals surface area (Å²) in [6.07, 6.45) is 1.07. The normalized spacial score (nSPS) is 12.1. The van der Waals surface area contributed by atoms with Gasteiger partial charge in [-0.25, -0.2) is 0 Å². The summed E-state index contributed by atoms with van der Waals surface area (Å²) in [4.78, 5) is 0. The first-order valence-corrected chi connectivity index (χ1v) is 6.35. The second kappa shape index (κ2) is 5.58. The molecule has 0 aromatic heterocycles.